The summed E-state index contributed by atoms with van der Waals surface area (Å²) in [5.74, 6) is -0.145. The molecule has 0 saturated heterocycles. The summed E-state index contributed by atoms with van der Waals surface area (Å²) >= 11 is 0. The van der Waals surface area contributed by atoms with Crippen LogP contribution in [0.3, 0.4) is 0 Å². The van der Waals surface area contributed by atoms with Crippen LogP contribution in [0.1, 0.15) is 30.9 Å². The van der Waals surface area contributed by atoms with Crippen molar-refractivity contribution >= 4 is 41.8 Å². The number of rotatable bonds is 9. The van der Waals surface area contributed by atoms with Gasteiger partial charge < -0.3 is 15.4 Å². The Balaban J connectivity index is 1.15. The predicted molar refractivity (Wildman–Crippen MR) is 178 cm³/mol. The first-order chi connectivity index (χ1) is 21.5. The number of carbonyl (C=O) groups is 2. The Kier molecular flexibility index (Phi) is 8.81. The van der Waals surface area contributed by atoms with E-state index < -0.39 is 20.1 Å². The summed E-state index contributed by atoms with van der Waals surface area (Å²) in [5.41, 5.74) is 5.47. The molecule has 4 aromatic carbocycles. The fourth-order valence-corrected chi connectivity index (χ4v) is 7.90. The monoisotopic (exact) mass is 599 g/mol. The van der Waals surface area contributed by atoms with Crippen molar-refractivity contribution in [1.82, 2.24) is 10.3 Å². The SMILES string of the molecule is CC(C)[C@H](NC(=O)OCC1c2ccccc2-c2ccccc21)C(=O)Nc1cccc(P(c2ccccc2)c2ccccc2)n1. The molecule has 0 saturated carbocycles. The number of aromatic nitrogens is 1. The van der Waals surface area contributed by atoms with E-state index in [1.165, 1.54) is 10.6 Å². The van der Waals surface area contributed by atoms with Crippen molar-refractivity contribution in [2.24, 2.45) is 5.92 Å². The lowest BCUT2D eigenvalue weighted by Gasteiger charge is -2.23. The fraction of sp³-hybridized carbons (Fsp3) is 0.162. The number of anilines is 1. The Morgan fingerprint density at radius 2 is 1.27 bits per heavy atom. The molecule has 7 heteroatoms. The molecule has 0 fully saturated rings. The number of hydrogen-bond acceptors (Lipinski definition) is 4. The van der Waals surface area contributed by atoms with Crippen molar-refractivity contribution in [3.8, 4) is 11.1 Å². The van der Waals surface area contributed by atoms with Gasteiger partial charge in [-0.25, -0.2) is 9.78 Å². The number of benzene rings is 4. The zero-order valence-corrected chi connectivity index (χ0v) is 25.6. The maximum atomic E-state index is 13.5. The number of nitrogens with one attached hydrogen (secondary N) is 2. The summed E-state index contributed by atoms with van der Waals surface area (Å²) in [6.45, 7) is 3.96. The highest BCUT2D eigenvalue weighted by Crippen LogP contribution is 2.44. The van der Waals surface area contributed by atoms with E-state index in [-0.39, 0.29) is 24.3 Å². The predicted octanol–water partition coefficient (Wildman–Crippen LogP) is 6.34. The Morgan fingerprint density at radius 3 is 1.84 bits per heavy atom. The molecule has 44 heavy (non-hydrogen) atoms. The van der Waals surface area contributed by atoms with Gasteiger partial charge in [-0.05, 0) is 50.9 Å². The van der Waals surface area contributed by atoms with Gasteiger partial charge in [-0.15, -0.1) is 0 Å². The van der Waals surface area contributed by atoms with Gasteiger partial charge in [0.2, 0.25) is 5.91 Å². The number of alkyl carbamates (subject to hydrolysis) is 1. The summed E-state index contributed by atoms with van der Waals surface area (Å²) in [5, 5.41) is 8.08. The normalized spacial score (nSPS) is 12.8. The molecule has 1 aliphatic rings. The van der Waals surface area contributed by atoms with E-state index in [0.29, 0.717) is 5.82 Å². The first-order valence-corrected chi connectivity index (χ1v) is 16.1. The minimum atomic E-state index is -0.928. The van der Waals surface area contributed by atoms with Gasteiger partial charge in [0.1, 0.15) is 18.5 Å². The Labute approximate surface area is 259 Å². The number of ether oxygens (including phenoxy) is 1. The molecule has 0 bridgehead atoms. The third-order valence-corrected chi connectivity index (χ3v) is 10.1. The van der Waals surface area contributed by atoms with E-state index in [2.05, 4.69) is 59.2 Å². The highest BCUT2D eigenvalue weighted by Gasteiger charge is 2.30. The Bertz CT molecular complexity index is 1680. The van der Waals surface area contributed by atoms with Gasteiger partial charge in [-0.1, -0.05) is 129 Å². The van der Waals surface area contributed by atoms with E-state index in [1.54, 1.807) is 6.07 Å². The van der Waals surface area contributed by atoms with Gasteiger partial charge in [0.25, 0.3) is 0 Å². The van der Waals surface area contributed by atoms with Gasteiger partial charge in [-0.2, -0.15) is 0 Å². The molecule has 0 aliphatic heterocycles. The number of pyridine rings is 1. The molecule has 0 spiro atoms. The zero-order valence-electron chi connectivity index (χ0n) is 24.7. The largest absolute Gasteiger partial charge is 0.449 e. The van der Waals surface area contributed by atoms with Crippen LogP contribution in [0.15, 0.2) is 127 Å². The molecule has 6 nitrogen and oxygen atoms in total. The van der Waals surface area contributed by atoms with E-state index in [4.69, 9.17) is 9.72 Å². The zero-order chi connectivity index (χ0) is 30.5. The minimum absolute atomic E-state index is 0.0597. The van der Waals surface area contributed by atoms with Gasteiger partial charge in [0.15, 0.2) is 0 Å². The average molecular weight is 600 g/mol. The van der Waals surface area contributed by atoms with Crippen LogP contribution in [0.2, 0.25) is 0 Å². The molecule has 2 N–H and O–H groups in total. The molecule has 6 rings (SSSR count). The molecular weight excluding hydrogens is 565 g/mol. The maximum Gasteiger partial charge on any atom is 0.407 e. The second-order valence-electron chi connectivity index (χ2n) is 11.1. The smallest absolute Gasteiger partial charge is 0.407 e. The molecule has 0 radical (unpaired) electrons. The van der Waals surface area contributed by atoms with Gasteiger partial charge in [0.05, 0.1) is 5.44 Å². The van der Waals surface area contributed by atoms with Gasteiger partial charge in [-0.3, -0.25) is 4.79 Å². The minimum Gasteiger partial charge on any atom is -0.449 e. The van der Waals surface area contributed by atoms with E-state index in [1.807, 2.05) is 86.6 Å². The maximum absolute atomic E-state index is 13.5. The second-order valence-corrected chi connectivity index (χ2v) is 13.2. The lowest BCUT2D eigenvalue weighted by Crippen LogP contribution is -2.47. The molecule has 0 unspecified atom stereocenters. The number of fused-ring (bicyclic) bond motifs is 3. The summed E-state index contributed by atoms with van der Waals surface area (Å²) in [7, 11) is -0.928. The molecular formula is C37H34N3O3P. The van der Waals surface area contributed by atoms with Crippen molar-refractivity contribution in [3.63, 3.8) is 0 Å². The molecule has 2 amide bonds. The van der Waals surface area contributed by atoms with Crippen molar-refractivity contribution in [3.05, 3.63) is 139 Å². The number of nitrogens with zero attached hydrogens (tertiary/aromatic N) is 1. The highest BCUT2D eigenvalue weighted by atomic mass is 31.1. The van der Waals surface area contributed by atoms with E-state index in [9.17, 15) is 9.59 Å². The third kappa shape index (κ3) is 6.27. The molecule has 1 atom stereocenters. The van der Waals surface area contributed by atoms with Crippen LogP contribution in [0.4, 0.5) is 10.6 Å². The van der Waals surface area contributed by atoms with Crippen molar-refractivity contribution < 1.29 is 14.3 Å². The van der Waals surface area contributed by atoms with Crippen LogP contribution in [0.25, 0.3) is 11.1 Å². The third-order valence-electron chi connectivity index (χ3n) is 7.81. The van der Waals surface area contributed by atoms with Gasteiger partial charge >= 0.3 is 6.09 Å². The van der Waals surface area contributed by atoms with E-state index >= 15 is 0 Å². The number of carbonyl (C=O) groups excluding carboxylic acids is 2. The number of hydrogen-bond donors (Lipinski definition) is 2. The number of amides is 2. The van der Waals surface area contributed by atoms with Gasteiger partial charge in [0, 0.05) is 13.8 Å². The standard InChI is InChI=1S/C37H34N3O3P/c1-25(2)35(40-37(42)43-24-32-30-20-11-9-18-28(30)29-19-10-12-21-31(29)32)36(41)39-33-22-13-23-34(38-33)44(26-14-5-3-6-15-26)27-16-7-4-8-17-27/h3-23,25,32,35H,24H2,1-2H3,(H,40,42)(H,38,39,41)/t35-/m0/s1. The van der Waals surface area contributed by atoms with Crippen molar-refractivity contribution in [2.45, 2.75) is 25.8 Å². The molecule has 5 aromatic rings. The Hall–Kier alpha value is -4.80. The van der Waals surface area contributed by atoms with Crippen LogP contribution >= 0.6 is 7.92 Å². The Morgan fingerprint density at radius 1 is 0.727 bits per heavy atom. The molecule has 1 aromatic heterocycles. The van der Waals surface area contributed by atoms with Crippen LogP contribution in [-0.2, 0) is 9.53 Å². The van der Waals surface area contributed by atoms with Crippen LogP contribution in [0.5, 0.6) is 0 Å². The highest BCUT2D eigenvalue weighted by molar-refractivity contribution is 7.79. The topological polar surface area (TPSA) is 80.3 Å². The first kappa shape index (κ1) is 29.3. The average Bonchev–Trinajstić information content (AvgIpc) is 3.37. The first-order valence-electron chi connectivity index (χ1n) is 14.8. The summed E-state index contributed by atoms with van der Waals surface area (Å²) in [4.78, 5) is 31.4. The second kappa shape index (κ2) is 13.2. The van der Waals surface area contributed by atoms with Crippen molar-refractivity contribution in [2.75, 3.05) is 11.9 Å². The lowest BCUT2D eigenvalue weighted by molar-refractivity contribution is -0.119. The lowest BCUT2D eigenvalue weighted by atomic mass is 9.98. The molecule has 220 valence electrons. The fourth-order valence-electron chi connectivity index (χ4n) is 5.69. The summed E-state index contributed by atoms with van der Waals surface area (Å²) < 4.78 is 5.73. The summed E-state index contributed by atoms with van der Waals surface area (Å²) in [6.07, 6.45) is -0.626. The van der Waals surface area contributed by atoms with E-state index in [0.717, 1.165) is 27.7 Å². The van der Waals surface area contributed by atoms with Crippen molar-refractivity contribution in [1.29, 1.82) is 0 Å². The quantitative estimate of drug-likeness (QED) is 0.194. The molecule has 1 heterocycles. The summed E-state index contributed by atoms with van der Waals surface area (Å²) in [6, 6.07) is 41.8. The molecule has 1 aliphatic carbocycles. The van der Waals surface area contributed by atoms with Crippen LogP contribution in [-0.4, -0.2) is 29.6 Å². The van der Waals surface area contributed by atoms with Crippen LogP contribution < -0.4 is 26.7 Å². The van der Waals surface area contributed by atoms with Crippen LogP contribution in [0, 0.1) is 5.92 Å².